The summed E-state index contributed by atoms with van der Waals surface area (Å²) in [6, 6.07) is 14.5. The van der Waals surface area contributed by atoms with Crippen LogP contribution in [0.15, 0.2) is 64.0 Å². The third-order valence-electron chi connectivity index (χ3n) is 3.76. The van der Waals surface area contributed by atoms with Gasteiger partial charge in [0.15, 0.2) is 5.82 Å². The van der Waals surface area contributed by atoms with Gasteiger partial charge in [0.1, 0.15) is 5.76 Å². The van der Waals surface area contributed by atoms with E-state index in [0.717, 1.165) is 4.90 Å². The summed E-state index contributed by atoms with van der Waals surface area (Å²) < 4.78 is 4.89. The second-order valence-corrected chi connectivity index (χ2v) is 7.04. The lowest BCUT2D eigenvalue weighted by atomic mass is 10.1. The zero-order valence-corrected chi connectivity index (χ0v) is 16.2. The van der Waals surface area contributed by atoms with Crippen LogP contribution in [0.4, 0.5) is 11.5 Å². The summed E-state index contributed by atoms with van der Waals surface area (Å²) in [5, 5.41) is 18.2. The van der Waals surface area contributed by atoms with E-state index in [1.54, 1.807) is 49.4 Å². The molecule has 0 saturated heterocycles. The van der Waals surface area contributed by atoms with Crippen molar-refractivity contribution in [3.05, 3.63) is 71.5 Å². The number of nitrogens with one attached hydrogen (secondary N) is 2. The number of aromatic nitrogens is 1. The second kappa shape index (κ2) is 9.07. The van der Waals surface area contributed by atoms with E-state index in [9.17, 15) is 19.5 Å². The zero-order chi connectivity index (χ0) is 20.8. The van der Waals surface area contributed by atoms with Crippen molar-refractivity contribution < 1.29 is 24.0 Å². The lowest BCUT2D eigenvalue weighted by Crippen LogP contribution is -2.16. The van der Waals surface area contributed by atoms with Crippen LogP contribution in [0.5, 0.6) is 0 Å². The van der Waals surface area contributed by atoms with Crippen LogP contribution >= 0.6 is 11.8 Å². The third kappa shape index (κ3) is 5.45. The lowest BCUT2D eigenvalue weighted by molar-refractivity contribution is -0.113. The Balaban J connectivity index is 1.61. The van der Waals surface area contributed by atoms with E-state index in [-0.39, 0.29) is 22.8 Å². The summed E-state index contributed by atoms with van der Waals surface area (Å²) in [6.45, 7) is 1.73. The van der Waals surface area contributed by atoms with Crippen molar-refractivity contribution >= 4 is 41.1 Å². The fourth-order valence-electron chi connectivity index (χ4n) is 2.48. The molecule has 0 aliphatic rings. The molecule has 3 N–H and O–H groups in total. The number of rotatable bonds is 7. The Morgan fingerprint density at radius 2 is 1.79 bits per heavy atom. The molecule has 0 saturated carbocycles. The Labute approximate surface area is 170 Å². The van der Waals surface area contributed by atoms with Crippen LogP contribution in [-0.2, 0) is 4.79 Å². The van der Waals surface area contributed by atoms with E-state index in [0.29, 0.717) is 17.3 Å². The highest BCUT2D eigenvalue weighted by atomic mass is 32.2. The van der Waals surface area contributed by atoms with Gasteiger partial charge in [0.2, 0.25) is 5.91 Å². The van der Waals surface area contributed by atoms with Gasteiger partial charge in [0.05, 0.1) is 16.9 Å². The Hall–Kier alpha value is -3.59. The van der Waals surface area contributed by atoms with Crippen molar-refractivity contribution in [1.29, 1.82) is 0 Å². The molecular formula is C20H17N3O5S. The van der Waals surface area contributed by atoms with Gasteiger partial charge >= 0.3 is 5.97 Å². The number of carboxylic acids is 1. The Morgan fingerprint density at radius 3 is 2.48 bits per heavy atom. The number of carboxylic acid groups (broad SMARTS) is 1. The molecule has 3 aromatic rings. The highest BCUT2D eigenvalue weighted by molar-refractivity contribution is 8.00. The molecule has 1 heterocycles. The van der Waals surface area contributed by atoms with Gasteiger partial charge in [0, 0.05) is 16.6 Å². The number of aromatic carboxylic acids is 1. The maximum Gasteiger partial charge on any atom is 0.336 e. The summed E-state index contributed by atoms with van der Waals surface area (Å²) in [7, 11) is 0. The SMILES string of the molecule is Cc1cc(NC(=O)CSc2cccc(NC(=O)c3ccccc3C(=O)O)c2)no1. The number of hydrogen-bond acceptors (Lipinski definition) is 6. The first kappa shape index (κ1) is 20.2. The maximum atomic E-state index is 12.5. The number of carbonyl (C=O) groups is 3. The average molecular weight is 411 g/mol. The monoisotopic (exact) mass is 411 g/mol. The molecule has 0 aliphatic carbocycles. The minimum absolute atomic E-state index is 0.0698. The van der Waals surface area contributed by atoms with E-state index in [2.05, 4.69) is 15.8 Å². The maximum absolute atomic E-state index is 12.5. The molecule has 0 atom stereocenters. The van der Waals surface area contributed by atoms with Gasteiger partial charge in [-0.05, 0) is 37.3 Å². The minimum atomic E-state index is -1.17. The first-order chi connectivity index (χ1) is 13.9. The number of carbonyl (C=O) groups excluding carboxylic acids is 2. The van der Waals surface area contributed by atoms with E-state index in [1.165, 1.54) is 23.9 Å². The van der Waals surface area contributed by atoms with Crippen molar-refractivity contribution in [1.82, 2.24) is 5.16 Å². The standard InChI is InChI=1S/C20H17N3O5S/c1-12-9-17(23-28-12)22-18(24)11-29-14-6-4-5-13(10-14)21-19(25)15-7-2-3-8-16(15)20(26)27/h2-10H,11H2,1H3,(H,21,25)(H,26,27)(H,22,23,24). The normalized spacial score (nSPS) is 10.4. The number of thioether (sulfide) groups is 1. The Morgan fingerprint density at radius 1 is 1.03 bits per heavy atom. The van der Waals surface area contributed by atoms with E-state index in [1.807, 2.05) is 0 Å². The number of nitrogens with zero attached hydrogens (tertiary/aromatic N) is 1. The summed E-state index contributed by atoms with van der Waals surface area (Å²) in [5.74, 6) is -0.844. The molecule has 0 bridgehead atoms. The Bertz CT molecular complexity index is 1060. The molecule has 9 heteroatoms. The fourth-order valence-corrected chi connectivity index (χ4v) is 3.24. The fraction of sp³-hybridized carbons (Fsp3) is 0.100. The predicted molar refractivity (Wildman–Crippen MR) is 108 cm³/mol. The molecule has 2 aromatic carbocycles. The molecule has 8 nitrogen and oxygen atoms in total. The molecule has 1 aromatic heterocycles. The molecule has 0 spiro atoms. The van der Waals surface area contributed by atoms with Gasteiger partial charge in [-0.3, -0.25) is 9.59 Å². The molecular weight excluding hydrogens is 394 g/mol. The van der Waals surface area contributed by atoms with Crippen molar-refractivity contribution in [3.8, 4) is 0 Å². The van der Waals surface area contributed by atoms with Crippen molar-refractivity contribution in [2.75, 3.05) is 16.4 Å². The first-order valence-electron chi connectivity index (χ1n) is 8.52. The number of benzene rings is 2. The third-order valence-corrected chi connectivity index (χ3v) is 4.75. The zero-order valence-electron chi connectivity index (χ0n) is 15.3. The van der Waals surface area contributed by atoms with Gasteiger partial charge in [-0.2, -0.15) is 0 Å². The quantitative estimate of drug-likeness (QED) is 0.507. The van der Waals surface area contributed by atoms with Crippen LogP contribution in [0.1, 0.15) is 26.5 Å². The van der Waals surface area contributed by atoms with E-state index < -0.39 is 11.9 Å². The molecule has 0 unspecified atom stereocenters. The topological polar surface area (TPSA) is 122 Å². The molecule has 2 amide bonds. The van der Waals surface area contributed by atoms with Crippen LogP contribution < -0.4 is 10.6 Å². The molecule has 0 fully saturated rings. The number of hydrogen-bond donors (Lipinski definition) is 3. The second-order valence-electron chi connectivity index (χ2n) is 5.99. The Kier molecular flexibility index (Phi) is 6.30. The average Bonchev–Trinajstić information content (AvgIpc) is 3.11. The smallest absolute Gasteiger partial charge is 0.336 e. The van der Waals surface area contributed by atoms with Crippen LogP contribution in [0.2, 0.25) is 0 Å². The van der Waals surface area contributed by atoms with Gasteiger partial charge in [-0.15, -0.1) is 11.8 Å². The van der Waals surface area contributed by atoms with Crippen molar-refractivity contribution in [3.63, 3.8) is 0 Å². The minimum Gasteiger partial charge on any atom is -0.478 e. The molecule has 29 heavy (non-hydrogen) atoms. The van der Waals surface area contributed by atoms with Crippen molar-refractivity contribution in [2.24, 2.45) is 0 Å². The predicted octanol–water partition coefficient (Wildman–Crippen LogP) is 3.66. The number of anilines is 2. The van der Waals surface area contributed by atoms with Gasteiger partial charge in [0.25, 0.3) is 5.91 Å². The van der Waals surface area contributed by atoms with E-state index >= 15 is 0 Å². The van der Waals surface area contributed by atoms with Crippen LogP contribution in [-0.4, -0.2) is 33.8 Å². The molecule has 3 rings (SSSR count). The summed E-state index contributed by atoms with van der Waals surface area (Å²) in [6.07, 6.45) is 0. The summed E-state index contributed by atoms with van der Waals surface area (Å²) in [5.41, 5.74) is 0.489. The lowest BCUT2D eigenvalue weighted by Gasteiger charge is -2.09. The molecule has 0 aliphatic heterocycles. The van der Waals surface area contributed by atoms with Gasteiger partial charge in [-0.1, -0.05) is 23.4 Å². The molecule has 148 valence electrons. The van der Waals surface area contributed by atoms with E-state index in [4.69, 9.17) is 4.52 Å². The summed E-state index contributed by atoms with van der Waals surface area (Å²) in [4.78, 5) is 36.5. The van der Waals surface area contributed by atoms with Crippen LogP contribution in [0, 0.1) is 6.92 Å². The van der Waals surface area contributed by atoms with Gasteiger partial charge in [-0.25, -0.2) is 4.79 Å². The van der Waals surface area contributed by atoms with Crippen LogP contribution in [0.3, 0.4) is 0 Å². The van der Waals surface area contributed by atoms with Gasteiger partial charge < -0.3 is 20.3 Å². The largest absolute Gasteiger partial charge is 0.478 e. The highest BCUT2D eigenvalue weighted by Crippen LogP contribution is 2.23. The number of aryl methyl sites for hydroxylation is 1. The summed E-state index contributed by atoms with van der Waals surface area (Å²) >= 11 is 1.28. The number of amides is 2. The van der Waals surface area contributed by atoms with Crippen molar-refractivity contribution in [2.45, 2.75) is 11.8 Å². The first-order valence-corrected chi connectivity index (χ1v) is 9.50. The van der Waals surface area contributed by atoms with Crippen LogP contribution in [0.25, 0.3) is 0 Å². The highest BCUT2D eigenvalue weighted by Gasteiger charge is 2.16. The molecule has 0 radical (unpaired) electrons.